The third-order valence-electron chi connectivity index (χ3n) is 3.42. The number of H-pyrrole nitrogens is 1. The zero-order valence-electron chi connectivity index (χ0n) is 12.0. The molecule has 0 aliphatic rings. The Morgan fingerprint density at radius 2 is 2.23 bits per heavy atom. The number of benzene rings is 1. The Balaban J connectivity index is 1.97. The number of hydrogen-bond donors (Lipinski definition) is 2. The van der Waals surface area contributed by atoms with Crippen molar-refractivity contribution in [3.05, 3.63) is 77.9 Å². The van der Waals surface area contributed by atoms with Gasteiger partial charge in [-0.15, -0.1) is 0 Å². The molecule has 2 heterocycles. The van der Waals surface area contributed by atoms with E-state index in [0.29, 0.717) is 17.1 Å². The Labute approximate surface area is 126 Å². The summed E-state index contributed by atoms with van der Waals surface area (Å²) in [5, 5.41) is 2.89. The van der Waals surface area contributed by atoms with E-state index in [2.05, 4.69) is 15.3 Å². The summed E-state index contributed by atoms with van der Waals surface area (Å²) >= 11 is 0. The lowest BCUT2D eigenvalue weighted by Gasteiger charge is -2.19. The van der Waals surface area contributed by atoms with E-state index >= 15 is 0 Å². The number of imidazole rings is 1. The summed E-state index contributed by atoms with van der Waals surface area (Å²) in [6, 6.07) is 9.02. The first-order valence-corrected chi connectivity index (χ1v) is 6.82. The number of aromatic amines is 1. The van der Waals surface area contributed by atoms with Crippen LogP contribution in [-0.4, -0.2) is 20.4 Å². The lowest BCUT2D eigenvalue weighted by atomic mass is 10.1. The molecule has 1 amide bonds. The highest BCUT2D eigenvalue weighted by Crippen LogP contribution is 2.21. The summed E-state index contributed by atoms with van der Waals surface area (Å²) in [4.78, 5) is 19.4. The van der Waals surface area contributed by atoms with Gasteiger partial charge in [-0.25, -0.2) is 9.37 Å². The molecular formula is C16H15FN4O. The van der Waals surface area contributed by atoms with Crippen LogP contribution in [0.5, 0.6) is 0 Å². The third-order valence-corrected chi connectivity index (χ3v) is 3.42. The maximum atomic E-state index is 13.5. The Morgan fingerprint density at radius 1 is 1.36 bits per heavy atom. The zero-order chi connectivity index (χ0) is 15.5. The average Bonchev–Trinajstić information content (AvgIpc) is 3.16. The molecule has 0 saturated carbocycles. The maximum absolute atomic E-state index is 13.5. The summed E-state index contributed by atoms with van der Waals surface area (Å²) in [5.74, 6) is -0.00130. The standard InChI is InChI=1S/C16H15FN4O/c1-21-9-8-19-15(21)14(11-4-2-5-12(17)10-11)20-16(22)13-6-3-7-18-13/h2-10,14,18H,1H3,(H,20,22)/t14-/m0/s1. The largest absolute Gasteiger partial charge is 0.357 e. The number of halogens is 1. The fourth-order valence-electron chi connectivity index (χ4n) is 2.32. The molecule has 3 rings (SSSR count). The molecule has 1 aromatic carbocycles. The molecule has 0 saturated heterocycles. The third kappa shape index (κ3) is 2.76. The van der Waals surface area contributed by atoms with E-state index in [0.717, 1.165) is 0 Å². The summed E-state index contributed by atoms with van der Waals surface area (Å²) in [7, 11) is 1.83. The molecule has 112 valence electrons. The van der Waals surface area contributed by atoms with Gasteiger partial charge in [-0.1, -0.05) is 12.1 Å². The van der Waals surface area contributed by atoms with Gasteiger partial charge in [0.2, 0.25) is 0 Å². The average molecular weight is 298 g/mol. The molecule has 22 heavy (non-hydrogen) atoms. The highest BCUT2D eigenvalue weighted by molar-refractivity contribution is 5.92. The fraction of sp³-hybridized carbons (Fsp3) is 0.125. The molecule has 0 aliphatic carbocycles. The molecule has 2 aromatic heterocycles. The topological polar surface area (TPSA) is 62.7 Å². The molecule has 0 unspecified atom stereocenters. The van der Waals surface area contributed by atoms with E-state index in [4.69, 9.17) is 0 Å². The van der Waals surface area contributed by atoms with Gasteiger partial charge in [0.25, 0.3) is 5.91 Å². The van der Waals surface area contributed by atoms with Crippen LogP contribution in [0.4, 0.5) is 4.39 Å². The predicted octanol–water partition coefficient (Wildman–Crippen LogP) is 2.41. The minimum Gasteiger partial charge on any atom is -0.357 e. The van der Waals surface area contributed by atoms with E-state index in [1.807, 2.05) is 7.05 Å². The number of carbonyl (C=O) groups is 1. The van der Waals surface area contributed by atoms with E-state index in [9.17, 15) is 9.18 Å². The molecule has 6 heteroatoms. The van der Waals surface area contributed by atoms with Crippen molar-refractivity contribution < 1.29 is 9.18 Å². The number of rotatable bonds is 4. The molecule has 1 atom stereocenters. The highest BCUT2D eigenvalue weighted by Gasteiger charge is 2.22. The lowest BCUT2D eigenvalue weighted by Crippen LogP contribution is -2.31. The minimum atomic E-state index is -0.536. The van der Waals surface area contributed by atoms with Gasteiger partial charge in [0, 0.05) is 25.6 Å². The van der Waals surface area contributed by atoms with Gasteiger partial charge in [-0.3, -0.25) is 4.79 Å². The number of aromatic nitrogens is 3. The first kappa shape index (κ1) is 14.1. The summed E-state index contributed by atoms with van der Waals surface area (Å²) in [6.45, 7) is 0. The Kier molecular flexibility index (Phi) is 3.74. The molecule has 0 spiro atoms. The van der Waals surface area contributed by atoms with Crippen LogP contribution in [0.15, 0.2) is 55.0 Å². The molecule has 2 N–H and O–H groups in total. The molecule has 5 nitrogen and oxygen atoms in total. The van der Waals surface area contributed by atoms with Crippen molar-refractivity contribution >= 4 is 5.91 Å². The van der Waals surface area contributed by atoms with Gasteiger partial charge >= 0.3 is 0 Å². The minimum absolute atomic E-state index is 0.276. The van der Waals surface area contributed by atoms with E-state index in [1.54, 1.807) is 47.4 Å². The van der Waals surface area contributed by atoms with Crippen molar-refractivity contribution in [3.63, 3.8) is 0 Å². The van der Waals surface area contributed by atoms with Gasteiger partial charge in [0.05, 0.1) is 0 Å². The molecule has 0 aliphatic heterocycles. The number of aryl methyl sites for hydroxylation is 1. The first-order chi connectivity index (χ1) is 10.6. The van der Waals surface area contributed by atoms with Crippen LogP contribution in [0.3, 0.4) is 0 Å². The predicted molar refractivity (Wildman–Crippen MR) is 79.7 cm³/mol. The monoisotopic (exact) mass is 298 g/mol. The number of nitrogens with one attached hydrogen (secondary N) is 2. The van der Waals surface area contributed by atoms with Gasteiger partial charge in [0.1, 0.15) is 23.4 Å². The number of amides is 1. The number of nitrogens with zero attached hydrogens (tertiary/aromatic N) is 2. The lowest BCUT2D eigenvalue weighted by molar-refractivity contribution is 0.0936. The van der Waals surface area contributed by atoms with Crippen LogP contribution >= 0.6 is 0 Å². The summed E-state index contributed by atoms with van der Waals surface area (Å²) < 4.78 is 15.3. The van der Waals surface area contributed by atoms with Gasteiger partial charge in [-0.2, -0.15) is 0 Å². The Bertz CT molecular complexity index is 779. The normalized spacial score (nSPS) is 12.1. The second-order valence-electron chi connectivity index (χ2n) is 4.94. The fourth-order valence-corrected chi connectivity index (χ4v) is 2.32. The van der Waals surface area contributed by atoms with Crippen LogP contribution in [0.2, 0.25) is 0 Å². The summed E-state index contributed by atoms with van der Waals surface area (Å²) in [6.07, 6.45) is 5.09. The maximum Gasteiger partial charge on any atom is 0.268 e. The molecule has 0 radical (unpaired) electrons. The van der Waals surface area contributed by atoms with Gasteiger partial charge < -0.3 is 14.9 Å². The van der Waals surface area contributed by atoms with Crippen molar-refractivity contribution in [1.82, 2.24) is 19.9 Å². The molecular weight excluding hydrogens is 283 g/mol. The van der Waals surface area contributed by atoms with Crippen LogP contribution in [0.25, 0.3) is 0 Å². The van der Waals surface area contributed by atoms with Crippen molar-refractivity contribution in [3.8, 4) is 0 Å². The van der Waals surface area contributed by atoms with E-state index in [-0.39, 0.29) is 11.7 Å². The summed E-state index contributed by atoms with van der Waals surface area (Å²) in [5.41, 5.74) is 1.07. The van der Waals surface area contributed by atoms with Crippen LogP contribution in [0, 0.1) is 5.82 Å². The highest BCUT2D eigenvalue weighted by atomic mass is 19.1. The Morgan fingerprint density at radius 3 is 2.86 bits per heavy atom. The van der Waals surface area contributed by atoms with Gasteiger partial charge in [-0.05, 0) is 29.8 Å². The van der Waals surface area contributed by atoms with Crippen LogP contribution in [-0.2, 0) is 7.05 Å². The number of carbonyl (C=O) groups excluding carboxylic acids is 1. The Hall–Kier alpha value is -2.89. The zero-order valence-corrected chi connectivity index (χ0v) is 12.0. The first-order valence-electron chi connectivity index (χ1n) is 6.82. The van der Waals surface area contributed by atoms with Crippen LogP contribution < -0.4 is 5.32 Å². The quantitative estimate of drug-likeness (QED) is 0.777. The molecule has 0 bridgehead atoms. The van der Waals surface area contributed by atoms with Crippen LogP contribution in [0.1, 0.15) is 27.9 Å². The van der Waals surface area contributed by atoms with Crippen molar-refractivity contribution in [1.29, 1.82) is 0 Å². The number of hydrogen-bond acceptors (Lipinski definition) is 2. The van der Waals surface area contributed by atoms with E-state index in [1.165, 1.54) is 12.1 Å². The second-order valence-corrected chi connectivity index (χ2v) is 4.94. The van der Waals surface area contributed by atoms with Crippen molar-refractivity contribution in [2.75, 3.05) is 0 Å². The SMILES string of the molecule is Cn1ccnc1[C@@H](NC(=O)c1ccc[nH]1)c1cccc(F)c1. The van der Waals surface area contributed by atoms with Crippen molar-refractivity contribution in [2.24, 2.45) is 7.05 Å². The van der Waals surface area contributed by atoms with Crippen molar-refractivity contribution in [2.45, 2.75) is 6.04 Å². The molecule has 0 fully saturated rings. The van der Waals surface area contributed by atoms with E-state index < -0.39 is 6.04 Å². The second kappa shape index (κ2) is 5.85. The molecule has 3 aromatic rings. The van der Waals surface area contributed by atoms with Gasteiger partial charge in [0.15, 0.2) is 0 Å². The smallest absolute Gasteiger partial charge is 0.268 e.